The third-order valence-electron chi connectivity index (χ3n) is 3.01. The summed E-state index contributed by atoms with van der Waals surface area (Å²) in [6, 6.07) is 11.0. The van der Waals surface area contributed by atoms with E-state index in [1.54, 1.807) is 0 Å². The molecule has 84 valence electrons. The zero-order valence-corrected chi connectivity index (χ0v) is 11.4. The molecule has 0 saturated carbocycles. The summed E-state index contributed by atoms with van der Waals surface area (Å²) in [5, 5.41) is 8.93. The molecular weight excluding hydrogens is 311 g/mol. The van der Waals surface area contributed by atoms with Crippen molar-refractivity contribution in [3.8, 4) is 6.07 Å². The highest BCUT2D eigenvalue weighted by Gasteiger charge is 2.19. The van der Waals surface area contributed by atoms with Crippen molar-refractivity contribution in [2.45, 2.75) is 19.4 Å². The Balaban J connectivity index is 1.94. The first-order valence-corrected chi connectivity index (χ1v) is 6.72. The molecule has 0 amide bonds. The maximum Gasteiger partial charge on any atom is 0.0669 e. The van der Waals surface area contributed by atoms with Crippen LogP contribution in [0.3, 0.4) is 0 Å². The fourth-order valence-corrected chi connectivity index (χ4v) is 2.51. The van der Waals surface area contributed by atoms with Gasteiger partial charge in [0.25, 0.3) is 0 Å². The molecule has 0 bridgehead atoms. The van der Waals surface area contributed by atoms with E-state index >= 15 is 0 Å². The summed E-state index contributed by atoms with van der Waals surface area (Å²) in [7, 11) is 0. The summed E-state index contributed by atoms with van der Waals surface area (Å²) in [5.74, 6) is 0.234. The van der Waals surface area contributed by atoms with Crippen molar-refractivity contribution in [3.63, 3.8) is 0 Å². The Kier molecular flexibility index (Phi) is 4.19. The maximum absolute atomic E-state index is 8.93. The van der Waals surface area contributed by atoms with Crippen LogP contribution < -0.4 is 0 Å². The first-order chi connectivity index (χ1) is 7.78. The van der Waals surface area contributed by atoms with E-state index in [1.165, 1.54) is 9.13 Å². The fourth-order valence-electron chi connectivity index (χ4n) is 2.15. The van der Waals surface area contributed by atoms with Gasteiger partial charge in [0.05, 0.1) is 12.0 Å². The summed E-state index contributed by atoms with van der Waals surface area (Å²) < 4.78 is 1.27. The van der Waals surface area contributed by atoms with Gasteiger partial charge in [0, 0.05) is 16.7 Å². The van der Waals surface area contributed by atoms with Crippen LogP contribution in [0.15, 0.2) is 24.3 Å². The number of rotatable bonds is 2. The van der Waals surface area contributed by atoms with Crippen molar-refractivity contribution in [1.82, 2.24) is 4.90 Å². The third kappa shape index (κ3) is 3.19. The van der Waals surface area contributed by atoms with E-state index < -0.39 is 0 Å². The Morgan fingerprint density at radius 3 is 2.81 bits per heavy atom. The summed E-state index contributed by atoms with van der Waals surface area (Å²) in [5.41, 5.74) is 1.35. The first kappa shape index (κ1) is 11.9. The number of likely N-dealkylation sites (tertiary alicyclic amines) is 1. The van der Waals surface area contributed by atoms with Gasteiger partial charge in [-0.15, -0.1) is 0 Å². The molecule has 0 aromatic heterocycles. The Morgan fingerprint density at radius 1 is 1.38 bits per heavy atom. The molecule has 1 atom stereocenters. The molecule has 16 heavy (non-hydrogen) atoms. The van der Waals surface area contributed by atoms with Gasteiger partial charge in [0.2, 0.25) is 0 Å². The summed E-state index contributed by atoms with van der Waals surface area (Å²) in [4.78, 5) is 2.39. The predicted octanol–water partition coefficient (Wildman–Crippen LogP) is 3.03. The van der Waals surface area contributed by atoms with Crippen LogP contribution in [0.1, 0.15) is 18.4 Å². The van der Waals surface area contributed by atoms with Crippen LogP contribution in [-0.4, -0.2) is 18.0 Å². The summed E-state index contributed by atoms with van der Waals surface area (Å²) in [6.45, 7) is 3.04. The van der Waals surface area contributed by atoms with Crippen molar-refractivity contribution in [2.75, 3.05) is 13.1 Å². The normalized spacial score (nSPS) is 21.6. The lowest BCUT2D eigenvalue weighted by atomic mass is 9.99. The minimum Gasteiger partial charge on any atom is -0.298 e. The zero-order valence-electron chi connectivity index (χ0n) is 9.19. The van der Waals surface area contributed by atoms with Crippen LogP contribution in [0, 0.1) is 20.8 Å². The molecule has 0 spiro atoms. The molecule has 1 aromatic rings. The van der Waals surface area contributed by atoms with Crippen molar-refractivity contribution >= 4 is 22.6 Å². The molecule has 1 aliphatic heterocycles. The number of nitriles is 1. The van der Waals surface area contributed by atoms with Crippen molar-refractivity contribution in [1.29, 1.82) is 5.26 Å². The second kappa shape index (κ2) is 5.65. The van der Waals surface area contributed by atoms with Crippen molar-refractivity contribution in [2.24, 2.45) is 5.92 Å². The van der Waals surface area contributed by atoms with Crippen LogP contribution >= 0.6 is 22.6 Å². The number of piperidine rings is 1. The van der Waals surface area contributed by atoms with Crippen molar-refractivity contribution < 1.29 is 0 Å². The largest absolute Gasteiger partial charge is 0.298 e. The zero-order chi connectivity index (χ0) is 11.4. The number of halogens is 1. The topological polar surface area (TPSA) is 27.0 Å². The lowest BCUT2D eigenvalue weighted by Crippen LogP contribution is -2.34. The lowest BCUT2D eigenvalue weighted by molar-refractivity contribution is 0.192. The van der Waals surface area contributed by atoms with E-state index in [0.29, 0.717) is 0 Å². The molecule has 0 N–H and O–H groups in total. The van der Waals surface area contributed by atoms with E-state index in [-0.39, 0.29) is 5.92 Å². The average molecular weight is 326 g/mol. The van der Waals surface area contributed by atoms with Gasteiger partial charge in [-0.05, 0) is 59.7 Å². The smallest absolute Gasteiger partial charge is 0.0669 e. The minimum atomic E-state index is 0.234. The maximum atomic E-state index is 8.93. The summed E-state index contributed by atoms with van der Waals surface area (Å²) >= 11 is 2.32. The van der Waals surface area contributed by atoms with E-state index in [0.717, 1.165) is 32.5 Å². The molecule has 1 unspecified atom stereocenters. The third-order valence-corrected chi connectivity index (χ3v) is 3.73. The molecule has 1 aromatic carbocycles. The summed E-state index contributed by atoms with van der Waals surface area (Å²) in [6.07, 6.45) is 2.22. The van der Waals surface area contributed by atoms with Crippen LogP contribution in [0.2, 0.25) is 0 Å². The quantitative estimate of drug-likeness (QED) is 0.781. The highest BCUT2D eigenvalue weighted by Crippen LogP contribution is 2.18. The van der Waals surface area contributed by atoms with Gasteiger partial charge in [-0.1, -0.05) is 12.1 Å². The van der Waals surface area contributed by atoms with E-state index in [4.69, 9.17) is 5.26 Å². The first-order valence-electron chi connectivity index (χ1n) is 5.64. The number of nitrogens with zero attached hydrogens (tertiary/aromatic N) is 2. The molecule has 2 rings (SSSR count). The molecule has 1 aliphatic rings. The van der Waals surface area contributed by atoms with Crippen LogP contribution in [0.5, 0.6) is 0 Å². The SMILES string of the molecule is N#CC1CCCN(Cc2ccc(I)cc2)C1. The Bertz CT molecular complexity index is 380. The molecule has 1 saturated heterocycles. The number of hydrogen-bond donors (Lipinski definition) is 0. The molecule has 0 radical (unpaired) electrons. The second-order valence-electron chi connectivity index (χ2n) is 4.33. The highest BCUT2D eigenvalue weighted by atomic mass is 127. The predicted molar refractivity (Wildman–Crippen MR) is 72.8 cm³/mol. The molecule has 0 aliphatic carbocycles. The average Bonchev–Trinajstić information content (AvgIpc) is 2.32. The fraction of sp³-hybridized carbons (Fsp3) is 0.462. The highest BCUT2D eigenvalue weighted by molar-refractivity contribution is 14.1. The lowest BCUT2D eigenvalue weighted by Gasteiger charge is -2.29. The van der Waals surface area contributed by atoms with Crippen LogP contribution in [0.25, 0.3) is 0 Å². The number of hydrogen-bond acceptors (Lipinski definition) is 2. The molecule has 1 heterocycles. The minimum absolute atomic E-state index is 0.234. The van der Waals surface area contributed by atoms with Gasteiger partial charge in [-0.3, -0.25) is 4.90 Å². The molecular formula is C13H15IN2. The molecule has 1 fully saturated rings. The van der Waals surface area contributed by atoms with Crippen molar-refractivity contribution in [3.05, 3.63) is 33.4 Å². The second-order valence-corrected chi connectivity index (χ2v) is 5.58. The standard InChI is InChI=1S/C13H15IN2/c14-13-5-3-11(4-6-13)9-16-7-1-2-12(8-15)10-16/h3-6,12H,1-2,7,9-10H2. The van der Waals surface area contributed by atoms with Gasteiger partial charge in [-0.25, -0.2) is 0 Å². The van der Waals surface area contributed by atoms with Crippen LogP contribution in [-0.2, 0) is 6.54 Å². The van der Waals surface area contributed by atoms with Gasteiger partial charge >= 0.3 is 0 Å². The Hall–Kier alpha value is -0.600. The van der Waals surface area contributed by atoms with E-state index in [2.05, 4.69) is 57.8 Å². The Labute approximate surface area is 110 Å². The van der Waals surface area contributed by atoms with E-state index in [9.17, 15) is 0 Å². The van der Waals surface area contributed by atoms with Gasteiger partial charge in [0.1, 0.15) is 0 Å². The van der Waals surface area contributed by atoms with Gasteiger partial charge in [0.15, 0.2) is 0 Å². The van der Waals surface area contributed by atoms with Crippen LogP contribution in [0.4, 0.5) is 0 Å². The van der Waals surface area contributed by atoms with E-state index in [1.807, 2.05) is 0 Å². The number of benzene rings is 1. The van der Waals surface area contributed by atoms with Gasteiger partial charge in [-0.2, -0.15) is 5.26 Å². The monoisotopic (exact) mass is 326 g/mol. The van der Waals surface area contributed by atoms with Gasteiger partial charge < -0.3 is 0 Å². The molecule has 3 heteroatoms. The molecule has 2 nitrogen and oxygen atoms in total. The Morgan fingerprint density at radius 2 is 2.12 bits per heavy atom.